The summed E-state index contributed by atoms with van der Waals surface area (Å²) in [6, 6.07) is 5.36. The van der Waals surface area contributed by atoms with Crippen molar-refractivity contribution in [3.8, 4) is 0 Å². The molecule has 116 valence electrons. The Morgan fingerprint density at radius 1 is 1.33 bits per heavy atom. The lowest BCUT2D eigenvalue weighted by Crippen LogP contribution is -2.44. The molecule has 2 aromatic rings. The first-order valence-corrected chi connectivity index (χ1v) is 6.34. The Hall–Kier alpha value is -1.48. The van der Waals surface area contributed by atoms with Gasteiger partial charge in [-0.3, -0.25) is 4.99 Å². The van der Waals surface area contributed by atoms with Gasteiger partial charge in [-0.25, -0.2) is 0 Å². The summed E-state index contributed by atoms with van der Waals surface area (Å²) in [6.07, 6.45) is 4.82. The summed E-state index contributed by atoms with van der Waals surface area (Å²) in [7, 11) is 1.67. The summed E-state index contributed by atoms with van der Waals surface area (Å²) >= 11 is 0. The molecule has 6 nitrogen and oxygen atoms in total. The molecule has 2 aromatic heterocycles. The smallest absolute Gasteiger partial charge is 0.191 e. The summed E-state index contributed by atoms with van der Waals surface area (Å²) < 4.78 is 10.2. The van der Waals surface area contributed by atoms with Crippen molar-refractivity contribution < 1.29 is 13.9 Å². The van der Waals surface area contributed by atoms with E-state index in [1.165, 1.54) is 6.26 Å². The highest BCUT2D eigenvalue weighted by molar-refractivity contribution is 14.0. The van der Waals surface area contributed by atoms with Crippen LogP contribution in [0.2, 0.25) is 0 Å². The van der Waals surface area contributed by atoms with Crippen LogP contribution in [0.25, 0.3) is 0 Å². The fourth-order valence-corrected chi connectivity index (χ4v) is 1.73. The molecule has 1 unspecified atom stereocenters. The molecule has 0 fully saturated rings. The van der Waals surface area contributed by atoms with Crippen molar-refractivity contribution in [2.75, 3.05) is 13.6 Å². The van der Waals surface area contributed by atoms with Gasteiger partial charge in [0.15, 0.2) is 5.96 Å². The maximum Gasteiger partial charge on any atom is 0.191 e. The van der Waals surface area contributed by atoms with E-state index in [4.69, 9.17) is 8.83 Å². The lowest BCUT2D eigenvalue weighted by Gasteiger charge is -2.22. The number of rotatable bonds is 5. The zero-order valence-corrected chi connectivity index (χ0v) is 14.3. The van der Waals surface area contributed by atoms with E-state index in [-0.39, 0.29) is 30.5 Å². The average Bonchev–Trinajstić information content (AvgIpc) is 3.12. The zero-order chi connectivity index (χ0) is 14.4. The molecule has 0 aliphatic heterocycles. The van der Waals surface area contributed by atoms with Crippen LogP contribution in [0.1, 0.15) is 18.2 Å². The summed E-state index contributed by atoms with van der Waals surface area (Å²) in [5, 5.41) is 16.5. The van der Waals surface area contributed by atoms with E-state index in [1.54, 1.807) is 38.6 Å². The van der Waals surface area contributed by atoms with Gasteiger partial charge < -0.3 is 24.6 Å². The molecular weight excluding hydrogens is 385 g/mol. The Labute approximate surface area is 140 Å². The van der Waals surface area contributed by atoms with Crippen LogP contribution in [-0.4, -0.2) is 24.7 Å². The predicted molar refractivity (Wildman–Crippen MR) is 90.6 cm³/mol. The van der Waals surface area contributed by atoms with E-state index in [9.17, 15) is 5.11 Å². The fraction of sp³-hybridized carbons (Fsp3) is 0.357. The number of nitrogens with one attached hydrogen (secondary N) is 2. The predicted octanol–water partition coefficient (Wildman–Crippen LogP) is 2.06. The van der Waals surface area contributed by atoms with Gasteiger partial charge in [-0.05, 0) is 25.1 Å². The minimum atomic E-state index is -1.10. The monoisotopic (exact) mass is 405 g/mol. The number of aliphatic imine (C=N–C) groups is 1. The van der Waals surface area contributed by atoms with Crippen LogP contribution in [0.15, 0.2) is 50.8 Å². The molecule has 0 saturated heterocycles. The molecule has 0 bridgehead atoms. The standard InChI is InChI=1S/C14H19N3O3.HI/c1-14(18,12-4-3-6-20-12)10-17-13(15-2)16-8-11-5-7-19-9-11;/h3-7,9,18H,8,10H2,1-2H3,(H2,15,16,17);1H. The van der Waals surface area contributed by atoms with Crippen molar-refractivity contribution in [1.82, 2.24) is 10.6 Å². The molecule has 2 rings (SSSR count). The molecule has 0 aliphatic carbocycles. The molecule has 0 aliphatic rings. The molecule has 0 aromatic carbocycles. The molecular formula is C14H20IN3O3. The van der Waals surface area contributed by atoms with Crippen LogP contribution in [0.3, 0.4) is 0 Å². The van der Waals surface area contributed by atoms with Crippen LogP contribution in [0.4, 0.5) is 0 Å². The second kappa shape index (κ2) is 8.08. The van der Waals surface area contributed by atoms with E-state index in [0.29, 0.717) is 18.3 Å². The van der Waals surface area contributed by atoms with Crippen LogP contribution < -0.4 is 10.6 Å². The number of guanidine groups is 1. The largest absolute Gasteiger partial charge is 0.472 e. The van der Waals surface area contributed by atoms with Gasteiger partial charge >= 0.3 is 0 Å². The maximum absolute atomic E-state index is 10.3. The number of aliphatic hydroxyl groups is 1. The van der Waals surface area contributed by atoms with Crippen molar-refractivity contribution >= 4 is 29.9 Å². The third kappa shape index (κ3) is 5.09. The third-order valence-electron chi connectivity index (χ3n) is 2.92. The molecule has 0 saturated carbocycles. The van der Waals surface area contributed by atoms with Gasteiger partial charge in [-0.15, -0.1) is 24.0 Å². The Morgan fingerprint density at radius 3 is 2.71 bits per heavy atom. The van der Waals surface area contributed by atoms with Gasteiger partial charge in [0.2, 0.25) is 0 Å². The Bertz CT molecular complexity index is 536. The number of furan rings is 2. The van der Waals surface area contributed by atoms with Crippen molar-refractivity contribution in [3.63, 3.8) is 0 Å². The molecule has 1 atom stereocenters. The second-order valence-corrected chi connectivity index (χ2v) is 4.66. The van der Waals surface area contributed by atoms with Crippen LogP contribution in [0.5, 0.6) is 0 Å². The summed E-state index contributed by atoms with van der Waals surface area (Å²) in [4.78, 5) is 4.09. The van der Waals surface area contributed by atoms with Crippen molar-refractivity contribution in [1.29, 1.82) is 0 Å². The SMILES string of the molecule is CN=C(NCc1ccoc1)NCC(C)(O)c1ccco1.I. The molecule has 0 amide bonds. The molecule has 0 spiro atoms. The summed E-state index contributed by atoms with van der Waals surface area (Å²) in [5.41, 5.74) is -0.0812. The average molecular weight is 405 g/mol. The molecule has 3 N–H and O–H groups in total. The Balaban J connectivity index is 0.00000220. The Morgan fingerprint density at radius 2 is 2.14 bits per heavy atom. The molecule has 7 heteroatoms. The van der Waals surface area contributed by atoms with Crippen molar-refractivity contribution in [3.05, 3.63) is 48.3 Å². The fourth-order valence-electron chi connectivity index (χ4n) is 1.73. The first-order valence-electron chi connectivity index (χ1n) is 6.34. The van der Waals surface area contributed by atoms with E-state index in [0.717, 1.165) is 5.56 Å². The lowest BCUT2D eigenvalue weighted by atomic mass is 10.0. The topological polar surface area (TPSA) is 82.9 Å². The van der Waals surface area contributed by atoms with E-state index >= 15 is 0 Å². The maximum atomic E-state index is 10.3. The second-order valence-electron chi connectivity index (χ2n) is 4.66. The zero-order valence-electron chi connectivity index (χ0n) is 12.0. The van der Waals surface area contributed by atoms with Crippen molar-refractivity contribution in [2.45, 2.75) is 19.1 Å². The number of hydrogen-bond acceptors (Lipinski definition) is 4. The minimum absolute atomic E-state index is 0. The van der Waals surface area contributed by atoms with Gasteiger partial charge in [0.1, 0.15) is 11.4 Å². The summed E-state index contributed by atoms with van der Waals surface area (Å²) in [6.45, 7) is 2.56. The molecule has 21 heavy (non-hydrogen) atoms. The van der Waals surface area contributed by atoms with Crippen LogP contribution >= 0.6 is 24.0 Å². The highest BCUT2D eigenvalue weighted by Crippen LogP contribution is 2.19. The Kier molecular flexibility index (Phi) is 6.76. The first kappa shape index (κ1) is 17.6. The van der Waals surface area contributed by atoms with Gasteiger partial charge in [0, 0.05) is 19.2 Å². The number of nitrogens with zero attached hydrogens (tertiary/aromatic N) is 1. The minimum Gasteiger partial charge on any atom is -0.472 e. The highest BCUT2D eigenvalue weighted by atomic mass is 127. The third-order valence-corrected chi connectivity index (χ3v) is 2.92. The van der Waals surface area contributed by atoms with Crippen molar-refractivity contribution in [2.24, 2.45) is 4.99 Å². The highest BCUT2D eigenvalue weighted by Gasteiger charge is 2.26. The van der Waals surface area contributed by atoms with Gasteiger partial charge in [-0.1, -0.05) is 0 Å². The number of hydrogen-bond donors (Lipinski definition) is 3. The lowest BCUT2D eigenvalue weighted by molar-refractivity contribution is 0.0386. The van der Waals surface area contributed by atoms with E-state index in [2.05, 4.69) is 15.6 Å². The van der Waals surface area contributed by atoms with E-state index in [1.807, 2.05) is 6.07 Å². The molecule has 0 radical (unpaired) electrons. The summed E-state index contributed by atoms with van der Waals surface area (Å²) in [5.74, 6) is 1.10. The normalized spacial score (nSPS) is 14.1. The first-order chi connectivity index (χ1) is 9.62. The van der Waals surface area contributed by atoms with Gasteiger partial charge in [0.25, 0.3) is 0 Å². The molecule has 2 heterocycles. The van der Waals surface area contributed by atoms with Gasteiger partial charge in [-0.2, -0.15) is 0 Å². The van der Waals surface area contributed by atoms with E-state index < -0.39 is 5.60 Å². The van der Waals surface area contributed by atoms with Crippen LogP contribution in [0, 0.1) is 0 Å². The quantitative estimate of drug-likeness (QED) is 0.403. The van der Waals surface area contributed by atoms with Gasteiger partial charge in [0.05, 0.1) is 25.3 Å². The van der Waals surface area contributed by atoms with Crippen LogP contribution in [-0.2, 0) is 12.1 Å². The number of halogens is 1.